The number of halogens is 2. The molecule has 1 aromatic heterocycles. The Bertz CT molecular complexity index is 871. The van der Waals surface area contributed by atoms with E-state index in [1.165, 1.54) is 11.8 Å². The molecule has 8 heteroatoms. The summed E-state index contributed by atoms with van der Waals surface area (Å²) in [4.78, 5) is 16.4. The summed E-state index contributed by atoms with van der Waals surface area (Å²) in [5.41, 5.74) is 1.58. The largest absolute Gasteiger partial charge is 0.324 e. The molecule has 0 saturated heterocycles. The molecule has 1 amide bonds. The van der Waals surface area contributed by atoms with Crippen molar-refractivity contribution in [2.45, 2.75) is 5.16 Å². The second-order valence-electron chi connectivity index (χ2n) is 4.76. The summed E-state index contributed by atoms with van der Waals surface area (Å²) in [6.07, 6.45) is 0. The lowest BCUT2D eigenvalue weighted by atomic mass is 10.2. The van der Waals surface area contributed by atoms with E-state index in [9.17, 15) is 4.79 Å². The average Bonchev–Trinajstić information content (AvgIpc) is 3.04. The van der Waals surface area contributed by atoms with Gasteiger partial charge in [-0.3, -0.25) is 9.89 Å². The normalized spacial score (nSPS) is 10.6. The zero-order chi connectivity index (χ0) is 16.9. The molecule has 3 aromatic rings. The number of rotatable bonds is 5. The van der Waals surface area contributed by atoms with Crippen LogP contribution in [-0.4, -0.2) is 26.8 Å². The zero-order valence-electron chi connectivity index (χ0n) is 12.3. The molecule has 0 aliphatic carbocycles. The van der Waals surface area contributed by atoms with E-state index in [0.29, 0.717) is 16.0 Å². The van der Waals surface area contributed by atoms with Crippen LogP contribution >= 0.6 is 46.0 Å². The lowest BCUT2D eigenvalue weighted by Gasteiger charge is -2.05. The van der Waals surface area contributed by atoms with Gasteiger partial charge in [0.15, 0.2) is 5.82 Å². The van der Waals surface area contributed by atoms with Gasteiger partial charge in [-0.05, 0) is 46.9 Å². The summed E-state index contributed by atoms with van der Waals surface area (Å²) in [6.45, 7) is 0. The van der Waals surface area contributed by atoms with Crippen molar-refractivity contribution in [2.24, 2.45) is 0 Å². The van der Waals surface area contributed by atoms with Gasteiger partial charge < -0.3 is 5.32 Å². The van der Waals surface area contributed by atoms with Gasteiger partial charge in [0.2, 0.25) is 11.1 Å². The van der Waals surface area contributed by atoms with E-state index in [-0.39, 0.29) is 11.7 Å². The maximum atomic E-state index is 12.0. The number of nitrogens with one attached hydrogen (secondary N) is 2. The average molecular weight is 471 g/mol. The molecule has 1 heterocycles. The van der Waals surface area contributed by atoms with Gasteiger partial charge in [0.05, 0.1) is 16.5 Å². The van der Waals surface area contributed by atoms with Crippen molar-refractivity contribution >= 4 is 57.5 Å². The highest BCUT2D eigenvalue weighted by atomic mass is 127. The number of aromatic nitrogens is 3. The fourth-order valence-corrected chi connectivity index (χ4v) is 3.31. The van der Waals surface area contributed by atoms with Crippen LogP contribution in [0.15, 0.2) is 53.7 Å². The first-order chi connectivity index (χ1) is 11.6. The molecule has 0 unspecified atom stereocenters. The van der Waals surface area contributed by atoms with Crippen molar-refractivity contribution in [1.29, 1.82) is 0 Å². The molecule has 0 fully saturated rings. The molecule has 0 atom stereocenters. The van der Waals surface area contributed by atoms with E-state index < -0.39 is 0 Å². The van der Waals surface area contributed by atoms with Gasteiger partial charge >= 0.3 is 0 Å². The van der Waals surface area contributed by atoms with Gasteiger partial charge in [-0.2, -0.15) is 0 Å². The first-order valence-corrected chi connectivity index (χ1v) is 9.42. The highest BCUT2D eigenvalue weighted by Gasteiger charge is 2.11. The maximum absolute atomic E-state index is 12.0. The maximum Gasteiger partial charge on any atom is 0.234 e. The Kier molecular flexibility index (Phi) is 5.75. The number of thioether (sulfide) groups is 1. The highest BCUT2D eigenvalue weighted by Crippen LogP contribution is 2.26. The molecule has 0 bridgehead atoms. The standard InChI is InChI=1S/C16H12ClIN4OS/c17-11-6-2-1-5-10(11)15-20-16(22-21-15)24-9-14(23)19-13-8-4-3-7-12(13)18/h1-8H,9H2,(H,19,23)(H,20,21,22). The molecule has 0 saturated carbocycles. The fraction of sp³-hybridized carbons (Fsp3) is 0.0625. The predicted molar refractivity (Wildman–Crippen MR) is 105 cm³/mol. The summed E-state index contributed by atoms with van der Waals surface area (Å²) in [5, 5.41) is 10.9. The van der Waals surface area contributed by atoms with Crippen LogP contribution in [0.1, 0.15) is 0 Å². The third-order valence-electron chi connectivity index (χ3n) is 3.07. The molecular weight excluding hydrogens is 459 g/mol. The Hall–Kier alpha value is -1.58. The molecule has 122 valence electrons. The number of nitrogens with zero attached hydrogens (tertiary/aromatic N) is 2. The van der Waals surface area contributed by atoms with Gasteiger partial charge in [0.25, 0.3) is 0 Å². The van der Waals surface area contributed by atoms with Crippen molar-refractivity contribution in [1.82, 2.24) is 15.2 Å². The molecule has 0 spiro atoms. The van der Waals surface area contributed by atoms with Gasteiger partial charge in [-0.25, -0.2) is 4.98 Å². The number of amides is 1. The molecule has 0 radical (unpaired) electrons. The first kappa shape index (κ1) is 17.2. The molecular formula is C16H12ClIN4OS. The smallest absolute Gasteiger partial charge is 0.234 e. The number of benzene rings is 2. The quantitative estimate of drug-likeness (QED) is 0.427. The zero-order valence-corrected chi connectivity index (χ0v) is 16.0. The number of carbonyl (C=O) groups is 1. The first-order valence-electron chi connectivity index (χ1n) is 6.98. The van der Waals surface area contributed by atoms with Crippen molar-refractivity contribution in [3.8, 4) is 11.4 Å². The molecule has 3 rings (SSSR count). The van der Waals surface area contributed by atoms with Crippen LogP contribution in [0.4, 0.5) is 5.69 Å². The minimum absolute atomic E-state index is 0.104. The second kappa shape index (κ2) is 8.00. The van der Waals surface area contributed by atoms with Gasteiger partial charge in [-0.1, -0.05) is 47.6 Å². The summed E-state index contributed by atoms with van der Waals surface area (Å²) in [6, 6.07) is 15.0. The van der Waals surface area contributed by atoms with Crippen LogP contribution < -0.4 is 5.32 Å². The molecule has 2 aromatic carbocycles. The van der Waals surface area contributed by atoms with E-state index in [1.54, 1.807) is 6.07 Å². The molecule has 0 aliphatic rings. The summed E-state index contributed by atoms with van der Waals surface area (Å²) < 4.78 is 0.993. The molecule has 5 nitrogen and oxygen atoms in total. The van der Waals surface area contributed by atoms with Gasteiger partial charge in [-0.15, -0.1) is 5.10 Å². The Morgan fingerprint density at radius 2 is 1.96 bits per heavy atom. The van der Waals surface area contributed by atoms with Gasteiger partial charge in [0.1, 0.15) is 0 Å². The lowest BCUT2D eigenvalue weighted by molar-refractivity contribution is -0.113. The summed E-state index contributed by atoms with van der Waals surface area (Å²) in [5.74, 6) is 0.708. The Morgan fingerprint density at radius 1 is 1.21 bits per heavy atom. The third-order valence-corrected chi connectivity index (χ3v) is 5.19. The highest BCUT2D eigenvalue weighted by molar-refractivity contribution is 14.1. The Labute approximate surface area is 161 Å². The molecule has 24 heavy (non-hydrogen) atoms. The van der Waals surface area contributed by atoms with Crippen LogP contribution in [0.5, 0.6) is 0 Å². The number of hydrogen-bond acceptors (Lipinski definition) is 4. The Balaban J connectivity index is 1.61. The third kappa shape index (κ3) is 4.28. The molecule has 0 aliphatic heterocycles. The summed E-state index contributed by atoms with van der Waals surface area (Å²) >= 11 is 9.59. The van der Waals surface area contributed by atoms with Crippen LogP contribution in [-0.2, 0) is 4.79 Å². The van der Waals surface area contributed by atoms with Crippen LogP contribution in [0, 0.1) is 3.57 Å². The van der Waals surface area contributed by atoms with Crippen molar-refractivity contribution in [3.05, 3.63) is 57.1 Å². The number of para-hydroxylation sites is 1. The number of anilines is 1. The van der Waals surface area contributed by atoms with Crippen molar-refractivity contribution < 1.29 is 4.79 Å². The van der Waals surface area contributed by atoms with Crippen molar-refractivity contribution in [2.75, 3.05) is 11.1 Å². The van der Waals surface area contributed by atoms with E-state index >= 15 is 0 Å². The molecule has 2 N–H and O–H groups in total. The topological polar surface area (TPSA) is 70.7 Å². The van der Waals surface area contributed by atoms with Crippen LogP contribution in [0.2, 0.25) is 5.02 Å². The fourth-order valence-electron chi connectivity index (χ4n) is 1.96. The summed E-state index contributed by atoms with van der Waals surface area (Å²) in [7, 11) is 0. The SMILES string of the molecule is O=C(CSc1n[nH]c(-c2ccccc2Cl)n1)Nc1ccccc1I. The number of H-pyrrole nitrogens is 1. The minimum Gasteiger partial charge on any atom is -0.324 e. The second-order valence-corrected chi connectivity index (χ2v) is 7.28. The lowest BCUT2D eigenvalue weighted by Crippen LogP contribution is -2.14. The van der Waals surface area contributed by atoms with Crippen molar-refractivity contribution in [3.63, 3.8) is 0 Å². The van der Waals surface area contributed by atoms with E-state index in [1.807, 2.05) is 42.5 Å². The number of hydrogen-bond donors (Lipinski definition) is 2. The van der Waals surface area contributed by atoms with Gasteiger partial charge in [0, 0.05) is 9.13 Å². The monoisotopic (exact) mass is 470 g/mol. The van der Waals surface area contributed by atoms with Crippen LogP contribution in [0.25, 0.3) is 11.4 Å². The minimum atomic E-state index is -0.104. The Morgan fingerprint density at radius 3 is 2.75 bits per heavy atom. The predicted octanol–water partition coefficient (Wildman–Crippen LogP) is 4.46. The number of aromatic amines is 1. The van der Waals surface area contributed by atoms with E-state index in [4.69, 9.17) is 11.6 Å². The van der Waals surface area contributed by atoms with Crippen LogP contribution in [0.3, 0.4) is 0 Å². The van der Waals surface area contributed by atoms with E-state index in [0.717, 1.165) is 14.8 Å². The number of carbonyl (C=O) groups excluding carboxylic acids is 1. The van der Waals surface area contributed by atoms with E-state index in [2.05, 4.69) is 43.1 Å².